The van der Waals surface area contributed by atoms with E-state index < -0.39 is 17.4 Å². The molecule has 2 aromatic rings. The van der Waals surface area contributed by atoms with Gasteiger partial charge >= 0.3 is 0 Å². The van der Waals surface area contributed by atoms with Crippen LogP contribution in [0.5, 0.6) is 0 Å². The lowest BCUT2D eigenvalue weighted by Gasteiger charge is -2.44. The minimum atomic E-state index is -1.33. The number of rotatable bonds is 2. The van der Waals surface area contributed by atoms with E-state index in [4.69, 9.17) is 0 Å². The fraction of sp³-hybridized carbons (Fsp3) is 0.368. The number of hydrogen-bond donors (Lipinski definition) is 1. The molecule has 2 saturated heterocycles. The van der Waals surface area contributed by atoms with Crippen molar-refractivity contribution in [2.45, 2.75) is 43.4 Å². The van der Waals surface area contributed by atoms with Crippen LogP contribution in [0.15, 0.2) is 42.6 Å². The Morgan fingerprint density at radius 1 is 1.16 bits per heavy atom. The number of aliphatic hydroxyl groups is 1. The number of fused-ring (bicyclic) bond motifs is 2. The second-order valence-corrected chi connectivity index (χ2v) is 6.89. The van der Waals surface area contributed by atoms with Gasteiger partial charge in [-0.05, 0) is 37.1 Å². The zero-order chi connectivity index (χ0) is 17.6. The molecule has 2 atom stereocenters. The van der Waals surface area contributed by atoms with Gasteiger partial charge in [-0.2, -0.15) is 4.39 Å². The predicted octanol–water partition coefficient (Wildman–Crippen LogP) is 3.01. The lowest BCUT2D eigenvalue weighted by molar-refractivity contribution is -0.0504. The summed E-state index contributed by atoms with van der Waals surface area (Å²) in [4.78, 5) is 18.2. The molecule has 1 aromatic heterocycles. The maximum Gasteiger partial charge on any atom is 0.254 e. The van der Waals surface area contributed by atoms with Gasteiger partial charge in [0, 0.05) is 42.2 Å². The van der Waals surface area contributed by atoms with Crippen molar-refractivity contribution in [1.29, 1.82) is 0 Å². The Labute approximate surface area is 144 Å². The summed E-state index contributed by atoms with van der Waals surface area (Å²) in [5, 5.41) is 11.0. The molecular formula is C19H18F2N2O2. The summed E-state index contributed by atoms with van der Waals surface area (Å²) < 4.78 is 27.5. The molecule has 2 aliphatic rings. The number of pyridine rings is 1. The van der Waals surface area contributed by atoms with Crippen molar-refractivity contribution in [2.24, 2.45) is 0 Å². The molecule has 0 spiro atoms. The molecule has 0 radical (unpaired) electrons. The van der Waals surface area contributed by atoms with E-state index >= 15 is 0 Å². The number of amides is 1. The lowest BCUT2D eigenvalue weighted by atomic mass is 9.80. The van der Waals surface area contributed by atoms with Crippen molar-refractivity contribution in [3.05, 3.63) is 65.5 Å². The highest BCUT2D eigenvalue weighted by atomic mass is 19.1. The predicted molar refractivity (Wildman–Crippen MR) is 86.7 cm³/mol. The van der Waals surface area contributed by atoms with Crippen molar-refractivity contribution in [2.75, 3.05) is 0 Å². The lowest BCUT2D eigenvalue weighted by Crippen LogP contribution is -2.52. The van der Waals surface area contributed by atoms with E-state index in [-0.39, 0.29) is 36.4 Å². The van der Waals surface area contributed by atoms with Crippen LogP contribution in [0, 0.1) is 11.8 Å². The third-order valence-electron chi connectivity index (χ3n) is 5.33. The molecule has 6 heteroatoms. The van der Waals surface area contributed by atoms with Crippen LogP contribution >= 0.6 is 0 Å². The van der Waals surface area contributed by atoms with Crippen LogP contribution < -0.4 is 0 Å². The van der Waals surface area contributed by atoms with E-state index in [1.165, 1.54) is 24.4 Å². The quantitative estimate of drug-likeness (QED) is 0.852. The summed E-state index contributed by atoms with van der Waals surface area (Å²) in [5.74, 6) is -1.36. The molecule has 2 aliphatic heterocycles. The number of hydrogen-bond acceptors (Lipinski definition) is 3. The first-order valence-corrected chi connectivity index (χ1v) is 8.39. The molecule has 1 aromatic carbocycles. The fourth-order valence-corrected chi connectivity index (χ4v) is 4.28. The number of benzene rings is 1. The van der Waals surface area contributed by atoms with Gasteiger partial charge in [0.2, 0.25) is 5.95 Å². The average molecular weight is 344 g/mol. The summed E-state index contributed by atoms with van der Waals surface area (Å²) in [6.45, 7) is 0. The summed E-state index contributed by atoms with van der Waals surface area (Å²) in [5.41, 5.74) is -0.845. The van der Waals surface area contributed by atoms with Crippen LogP contribution in [-0.2, 0) is 5.60 Å². The fourth-order valence-electron chi connectivity index (χ4n) is 4.28. The Hall–Kier alpha value is -2.34. The molecular weight excluding hydrogens is 326 g/mol. The topological polar surface area (TPSA) is 53.4 Å². The third kappa shape index (κ3) is 2.70. The van der Waals surface area contributed by atoms with Crippen molar-refractivity contribution < 1.29 is 18.7 Å². The molecule has 0 aliphatic carbocycles. The molecule has 3 heterocycles. The number of nitrogens with zero attached hydrogens (tertiary/aromatic N) is 2. The smallest absolute Gasteiger partial charge is 0.254 e. The molecule has 0 saturated carbocycles. The molecule has 2 bridgehead atoms. The Morgan fingerprint density at radius 3 is 2.52 bits per heavy atom. The highest BCUT2D eigenvalue weighted by molar-refractivity contribution is 5.95. The van der Waals surface area contributed by atoms with Gasteiger partial charge in [0.15, 0.2) is 0 Å². The molecule has 2 fully saturated rings. The molecule has 4 rings (SSSR count). The van der Waals surface area contributed by atoms with Crippen LogP contribution in [-0.4, -0.2) is 33.0 Å². The Morgan fingerprint density at radius 2 is 1.88 bits per heavy atom. The Bertz CT molecular complexity index is 813. The summed E-state index contributed by atoms with van der Waals surface area (Å²) in [6, 6.07) is 8.38. The molecule has 0 unspecified atom stereocenters. The molecule has 4 nitrogen and oxygen atoms in total. The van der Waals surface area contributed by atoms with Gasteiger partial charge in [-0.15, -0.1) is 0 Å². The Balaban J connectivity index is 1.62. The van der Waals surface area contributed by atoms with Gasteiger partial charge in [0.1, 0.15) is 5.82 Å². The van der Waals surface area contributed by atoms with E-state index in [1.807, 2.05) is 0 Å². The Kier molecular flexibility index (Phi) is 3.80. The number of carbonyl (C=O) groups excluding carboxylic acids is 1. The van der Waals surface area contributed by atoms with Crippen LogP contribution in [0.3, 0.4) is 0 Å². The second-order valence-electron chi connectivity index (χ2n) is 6.89. The summed E-state index contributed by atoms with van der Waals surface area (Å²) in [7, 11) is 0. The van der Waals surface area contributed by atoms with E-state index in [1.54, 1.807) is 23.1 Å². The minimum absolute atomic E-state index is 0.185. The number of piperidine rings is 1. The normalized spacial score (nSPS) is 28.2. The molecule has 130 valence electrons. The van der Waals surface area contributed by atoms with Gasteiger partial charge in [-0.3, -0.25) is 4.79 Å². The van der Waals surface area contributed by atoms with Crippen LogP contribution in [0.25, 0.3) is 0 Å². The van der Waals surface area contributed by atoms with Gasteiger partial charge < -0.3 is 10.0 Å². The third-order valence-corrected chi connectivity index (χ3v) is 5.33. The number of halogens is 2. The average Bonchev–Trinajstić information content (AvgIpc) is 2.87. The van der Waals surface area contributed by atoms with Gasteiger partial charge in [-0.25, -0.2) is 9.37 Å². The summed E-state index contributed by atoms with van der Waals surface area (Å²) >= 11 is 0. The molecule has 1 amide bonds. The highest BCUT2D eigenvalue weighted by Gasteiger charge is 2.51. The SMILES string of the molecule is O=C(c1cccc(F)c1)N1[C@H]2CC[C@H]1CC(O)(c1cccnc1F)C2. The van der Waals surface area contributed by atoms with E-state index in [0.717, 1.165) is 12.8 Å². The maximum atomic E-state index is 14.1. The van der Waals surface area contributed by atoms with Crippen molar-refractivity contribution in [1.82, 2.24) is 9.88 Å². The number of aromatic nitrogens is 1. The minimum Gasteiger partial charge on any atom is -0.385 e. The second kappa shape index (κ2) is 5.88. The first kappa shape index (κ1) is 16.1. The van der Waals surface area contributed by atoms with Gasteiger partial charge in [-0.1, -0.05) is 12.1 Å². The van der Waals surface area contributed by atoms with Crippen LogP contribution in [0.2, 0.25) is 0 Å². The first-order valence-electron chi connectivity index (χ1n) is 8.39. The zero-order valence-corrected chi connectivity index (χ0v) is 13.5. The van der Waals surface area contributed by atoms with Crippen molar-refractivity contribution in [3.8, 4) is 0 Å². The van der Waals surface area contributed by atoms with Crippen LogP contribution in [0.4, 0.5) is 8.78 Å². The van der Waals surface area contributed by atoms with E-state index in [0.29, 0.717) is 5.56 Å². The van der Waals surface area contributed by atoms with Crippen molar-refractivity contribution >= 4 is 5.91 Å². The monoisotopic (exact) mass is 344 g/mol. The highest BCUT2D eigenvalue weighted by Crippen LogP contribution is 2.46. The largest absolute Gasteiger partial charge is 0.385 e. The zero-order valence-electron chi connectivity index (χ0n) is 13.5. The van der Waals surface area contributed by atoms with Crippen LogP contribution in [0.1, 0.15) is 41.6 Å². The molecule has 25 heavy (non-hydrogen) atoms. The van der Waals surface area contributed by atoms with E-state index in [9.17, 15) is 18.7 Å². The van der Waals surface area contributed by atoms with Gasteiger partial charge in [0.25, 0.3) is 5.91 Å². The standard InChI is InChI=1S/C19H18F2N2O2/c20-13-4-1-3-12(9-13)18(24)23-14-6-7-15(23)11-19(25,10-14)16-5-2-8-22-17(16)21/h1-5,8-9,14-15,25H,6-7,10-11H2/t14-,15-/m0/s1. The molecule has 1 N–H and O–H groups in total. The first-order chi connectivity index (χ1) is 12.0. The van der Waals surface area contributed by atoms with Crippen molar-refractivity contribution in [3.63, 3.8) is 0 Å². The maximum absolute atomic E-state index is 14.1. The van der Waals surface area contributed by atoms with Gasteiger partial charge in [0.05, 0.1) is 5.60 Å². The number of carbonyl (C=O) groups is 1. The summed E-state index contributed by atoms with van der Waals surface area (Å²) in [6.07, 6.45) is 3.35. The van der Waals surface area contributed by atoms with E-state index in [2.05, 4.69) is 4.98 Å².